The van der Waals surface area contributed by atoms with Gasteiger partial charge in [0.1, 0.15) is 5.75 Å². The number of nitrogens with zero attached hydrogens (tertiary/aromatic N) is 3. The number of nitrogens with two attached hydrogens (primary N) is 1. The molecule has 0 radical (unpaired) electrons. The predicted octanol–water partition coefficient (Wildman–Crippen LogP) is 1.74. The summed E-state index contributed by atoms with van der Waals surface area (Å²) < 4.78 is 0. The number of aromatic hydroxyl groups is 1. The molecule has 0 aliphatic carbocycles. The number of nitrogens with one attached hydrogen (secondary N) is 1. The Hall–Kier alpha value is -2.08. The Morgan fingerprint density at radius 1 is 1.38 bits per heavy atom. The molecule has 1 atom stereocenters. The van der Waals surface area contributed by atoms with E-state index in [1.165, 1.54) is 0 Å². The van der Waals surface area contributed by atoms with E-state index in [0.717, 1.165) is 37.4 Å². The zero-order valence-corrected chi connectivity index (χ0v) is 12.2. The number of anilines is 1. The second-order valence-electron chi connectivity index (χ2n) is 6.07. The van der Waals surface area contributed by atoms with Gasteiger partial charge in [0.2, 0.25) is 5.95 Å². The molecule has 1 saturated heterocycles. The van der Waals surface area contributed by atoms with Crippen molar-refractivity contribution in [2.24, 2.45) is 11.1 Å². The largest absolute Gasteiger partial charge is 0.508 e. The molecule has 3 rings (SSSR count). The van der Waals surface area contributed by atoms with Crippen molar-refractivity contribution in [1.82, 2.24) is 15.2 Å². The van der Waals surface area contributed by atoms with E-state index in [0.29, 0.717) is 12.4 Å². The van der Waals surface area contributed by atoms with Gasteiger partial charge in [0.15, 0.2) is 5.82 Å². The zero-order valence-electron chi connectivity index (χ0n) is 12.2. The number of aromatic nitrogens is 3. The first kappa shape index (κ1) is 13.9. The molecule has 1 aliphatic heterocycles. The number of aromatic amines is 1. The summed E-state index contributed by atoms with van der Waals surface area (Å²) in [5, 5.41) is 16.6. The molecule has 6 nitrogen and oxygen atoms in total. The van der Waals surface area contributed by atoms with E-state index in [9.17, 15) is 5.11 Å². The molecule has 0 saturated carbocycles. The normalized spacial score (nSPS) is 22.5. The number of hydrogen-bond acceptors (Lipinski definition) is 5. The van der Waals surface area contributed by atoms with Crippen LogP contribution in [0.3, 0.4) is 0 Å². The van der Waals surface area contributed by atoms with Crippen molar-refractivity contribution < 1.29 is 5.11 Å². The maximum atomic E-state index is 9.33. The van der Waals surface area contributed by atoms with Gasteiger partial charge in [-0.05, 0) is 49.1 Å². The minimum Gasteiger partial charge on any atom is -0.508 e. The van der Waals surface area contributed by atoms with E-state index in [1.54, 1.807) is 12.1 Å². The number of phenols is 1. The Morgan fingerprint density at radius 3 is 2.86 bits per heavy atom. The van der Waals surface area contributed by atoms with Crippen molar-refractivity contribution in [3.8, 4) is 17.1 Å². The molecule has 1 fully saturated rings. The average molecular weight is 287 g/mol. The molecule has 21 heavy (non-hydrogen) atoms. The van der Waals surface area contributed by atoms with Gasteiger partial charge in [0, 0.05) is 18.7 Å². The van der Waals surface area contributed by atoms with E-state index in [1.807, 2.05) is 12.1 Å². The van der Waals surface area contributed by atoms with Gasteiger partial charge in [0.25, 0.3) is 0 Å². The Balaban J connectivity index is 1.80. The van der Waals surface area contributed by atoms with Crippen LogP contribution < -0.4 is 10.6 Å². The van der Waals surface area contributed by atoms with Crippen molar-refractivity contribution in [3.63, 3.8) is 0 Å². The predicted molar refractivity (Wildman–Crippen MR) is 82.1 cm³/mol. The van der Waals surface area contributed by atoms with Crippen molar-refractivity contribution in [3.05, 3.63) is 24.3 Å². The summed E-state index contributed by atoms with van der Waals surface area (Å²) in [5.74, 6) is 1.68. The zero-order chi connectivity index (χ0) is 14.9. The van der Waals surface area contributed by atoms with Gasteiger partial charge < -0.3 is 15.7 Å². The summed E-state index contributed by atoms with van der Waals surface area (Å²) in [7, 11) is 0. The molecule has 4 N–H and O–H groups in total. The SMILES string of the molecule is CC1(CN)CCCN(c2n[nH]c(-c3ccc(O)cc3)n2)C1. The van der Waals surface area contributed by atoms with Crippen molar-refractivity contribution in [1.29, 1.82) is 0 Å². The second-order valence-corrected chi connectivity index (χ2v) is 6.07. The summed E-state index contributed by atoms with van der Waals surface area (Å²) in [6.45, 7) is 4.74. The molecule has 1 aliphatic rings. The fourth-order valence-electron chi connectivity index (χ4n) is 2.80. The van der Waals surface area contributed by atoms with Crippen LogP contribution in [-0.2, 0) is 0 Å². The third kappa shape index (κ3) is 2.85. The fourth-order valence-corrected chi connectivity index (χ4v) is 2.80. The topological polar surface area (TPSA) is 91.1 Å². The first-order valence-electron chi connectivity index (χ1n) is 7.26. The molecule has 0 amide bonds. The monoisotopic (exact) mass is 287 g/mol. The van der Waals surface area contributed by atoms with Gasteiger partial charge >= 0.3 is 0 Å². The van der Waals surface area contributed by atoms with E-state index >= 15 is 0 Å². The molecule has 1 aromatic heterocycles. The van der Waals surface area contributed by atoms with Crippen LogP contribution in [0.25, 0.3) is 11.4 Å². The number of piperidine rings is 1. The van der Waals surface area contributed by atoms with Crippen molar-refractivity contribution in [2.75, 3.05) is 24.5 Å². The highest BCUT2D eigenvalue weighted by atomic mass is 16.3. The minimum atomic E-state index is 0.136. The summed E-state index contributed by atoms with van der Waals surface area (Å²) in [6, 6.07) is 6.92. The van der Waals surface area contributed by atoms with Crippen LogP contribution in [0.2, 0.25) is 0 Å². The number of rotatable bonds is 3. The Morgan fingerprint density at radius 2 is 2.14 bits per heavy atom. The summed E-state index contributed by atoms with van der Waals surface area (Å²) in [4.78, 5) is 6.76. The van der Waals surface area contributed by atoms with Crippen LogP contribution >= 0.6 is 0 Å². The van der Waals surface area contributed by atoms with E-state index in [-0.39, 0.29) is 11.2 Å². The third-order valence-corrected chi connectivity index (χ3v) is 4.17. The molecule has 112 valence electrons. The van der Waals surface area contributed by atoms with Crippen molar-refractivity contribution in [2.45, 2.75) is 19.8 Å². The van der Waals surface area contributed by atoms with E-state index in [4.69, 9.17) is 5.73 Å². The molecule has 1 aromatic carbocycles. The highest BCUT2D eigenvalue weighted by Gasteiger charge is 2.31. The van der Waals surface area contributed by atoms with Crippen LogP contribution in [0.15, 0.2) is 24.3 Å². The smallest absolute Gasteiger partial charge is 0.245 e. The van der Waals surface area contributed by atoms with Crippen LogP contribution in [0.4, 0.5) is 5.95 Å². The lowest BCUT2D eigenvalue weighted by molar-refractivity contribution is 0.270. The molecule has 2 heterocycles. The second kappa shape index (κ2) is 5.37. The first-order valence-corrected chi connectivity index (χ1v) is 7.26. The molecule has 6 heteroatoms. The van der Waals surface area contributed by atoms with E-state index in [2.05, 4.69) is 27.0 Å². The Bertz CT molecular complexity index is 609. The first-order chi connectivity index (χ1) is 10.1. The fraction of sp³-hybridized carbons (Fsp3) is 0.467. The minimum absolute atomic E-state index is 0.136. The molecule has 0 bridgehead atoms. The summed E-state index contributed by atoms with van der Waals surface area (Å²) in [6.07, 6.45) is 2.26. The van der Waals surface area contributed by atoms with Crippen LogP contribution in [0.1, 0.15) is 19.8 Å². The lowest BCUT2D eigenvalue weighted by Gasteiger charge is -2.39. The highest BCUT2D eigenvalue weighted by molar-refractivity contribution is 5.57. The number of benzene rings is 1. The number of H-pyrrole nitrogens is 1. The summed E-state index contributed by atoms with van der Waals surface area (Å²) >= 11 is 0. The Kier molecular flexibility index (Phi) is 3.55. The third-order valence-electron chi connectivity index (χ3n) is 4.17. The lowest BCUT2D eigenvalue weighted by Crippen LogP contribution is -2.46. The number of hydrogen-bond donors (Lipinski definition) is 3. The van der Waals surface area contributed by atoms with E-state index < -0.39 is 0 Å². The standard InChI is InChI=1S/C15H21N5O/c1-15(9-16)7-2-8-20(10-15)14-17-13(18-19-14)11-3-5-12(21)6-4-11/h3-6,21H,2,7-10,16H2,1H3,(H,17,18,19). The van der Waals surface area contributed by atoms with Crippen LogP contribution in [-0.4, -0.2) is 39.9 Å². The molecular formula is C15H21N5O. The molecule has 1 unspecified atom stereocenters. The van der Waals surface area contributed by atoms with Crippen LogP contribution in [0.5, 0.6) is 5.75 Å². The van der Waals surface area contributed by atoms with Gasteiger partial charge in [-0.1, -0.05) is 6.92 Å². The maximum absolute atomic E-state index is 9.33. The number of phenolic OH excluding ortho intramolecular Hbond substituents is 1. The van der Waals surface area contributed by atoms with Gasteiger partial charge in [-0.25, -0.2) is 0 Å². The van der Waals surface area contributed by atoms with Gasteiger partial charge in [0.05, 0.1) is 0 Å². The quantitative estimate of drug-likeness (QED) is 0.800. The average Bonchev–Trinajstić information content (AvgIpc) is 2.98. The van der Waals surface area contributed by atoms with Crippen LogP contribution in [0, 0.1) is 5.41 Å². The molecular weight excluding hydrogens is 266 g/mol. The maximum Gasteiger partial charge on any atom is 0.245 e. The van der Waals surface area contributed by atoms with Crippen molar-refractivity contribution >= 4 is 5.95 Å². The Labute approximate surface area is 124 Å². The van der Waals surface area contributed by atoms with Gasteiger partial charge in [-0.2, -0.15) is 4.98 Å². The van der Waals surface area contributed by atoms with Gasteiger partial charge in [-0.15, -0.1) is 5.10 Å². The molecule has 2 aromatic rings. The lowest BCUT2D eigenvalue weighted by atomic mass is 9.82. The van der Waals surface area contributed by atoms with Gasteiger partial charge in [-0.3, -0.25) is 5.10 Å². The highest BCUT2D eigenvalue weighted by Crippen LogP contribution is 2.30. The summed E-state index contributed by atoms with van der Waals surface area (Å²) in [5.41, 5.74) is 6.93. The molecule has 0 spiro atoms.